The number of hydrogen-bond acceptors (Lipinski definition) is 6. The number of benzene rings is 1. The third kappa shape index (κ3) is 2.79. The van der Waals surface area contributed by atoms with E-state index in [2.05, 4.69) is 14.7 Å². The van der Waals surface area contributed by atoms with E-state index in [1.54, 1.807) is 17.8 Å². The van der Waals surface area contributed by atoms with Crippen LogP contribution in [0.3, 0.4) is 0 Å². The van der Waals surface area contributed by atoms with Crippen LogP contribution in [-0.4, -0.2) is 23.0 Å². The van der Waals surface area contributed by atoms with E-state index < -0.39 is 15.8 Å². The van der Waals surface area contributed by atoms with Crippen molar-refractivity contribution in [2.45, 2.75) is 5.09 Å². The Kier molecular flexibility index (Phi) is 3.84. The van der Waals surface area contributed by atoms with Crippen molar-refractivity contribution in [1.29, 1.82) is 0 Å². The number of fused-ring (bicyclic) bond motifs is 1. The van der Waals surface area contributed by atoms with Crippen LogP contribution in [0, 0.1) is 5.82 Å². The van der Waals surface area contributed by atoms with Crippen LogP contribution in [0.15, 0.2) is 58.6 Å². The minimum Gasteiger partial charge on any atom is -0.451 e. The number of anilines is 2. The lowest BCUT2D eigenvalue weighted by Gasteiger charge is -2.10. The van der Waals surface area contributed by atoms with Crippen LogP contribution in [0.25, 0.3) is 22.2 Å². The normalized spacial score (nSPS) is 11.8. The van der Waals surface area contributed by atoms with Crippen molar-refractivity contribution in [3.63, 3.8) is 0 Å². The maximum Gasteiger partial charge on any atom is 0.295 e. The van der Waals surface area contributed by atoms with Crippen molar-refractivity contribution >= 4 is 32.6 Å². The van der Waals surface area contributed by atoms with Crippen LogP contribution >= 0.6 is 0 Å². The van der Waals surface area contributed by atoms with Gasteiger partial charge in [0.15, 0.2) is 5.82 Å². The van der Waals surface area contributed by atoms with E-state index in [0.717, 1.165) is 0 Å². The summed E-state index contributed by atoms with van der Waals surface area (Å²) in [7, 11) is -2.30. The molecule has 0 saturated heterocycles. The van der Waals surface area contributed by atoms with Gasteiger partial charge in [0.1, 0.15) is 17.8 Å². The summed E-state index contributed by atoms with van der Waals surface area (Å²) >= 11 is 0. The summed E-state index contributed by atoms with van der Waals surface area (Å²) in [5.74, 6) is -0.542. The summed E-state index contributed by atoms with van der Waals surface area (Å²) in [5, 5.41) is 0.181. The largest absolute Gasteiger partial charge is 0.451 e. The molecular formula is C17H14FN5O3S. The van der Waals surface area contributed by atoms with Gasteiger partial charge in [0.2, 0.25) is 5.09 Å². The first-order chi connectivity index (χ1) is 12.9. The molecule has 3 aromatic heterocycles. The van der Waals surface area contributed by atoms with Gasteiger partial charge in [0.25, 0.3) is 10.0 Å². The van der Waals surface area contributed by atoms with Crippen molar-refractivity contribution in [3.8, 4) is 11.1 Å². The van der Waals surface area contributed by atoms with Crippen LogP contribution in [-0.2, 0) is 17.1 Å². The number of hydrogen-bond donors (Lipinski definition) is 2. The monoisotopic (exact) mass is 387 g/mol. The van der Waals surface area contributed by atoms with E-state index in [1.165, 1.54) is 42.9 Å². The molecule has 4 aromatic rings. The molecule has 27 heavy (non-hydrogen) atoms. The molecule has 1 aromatic carbocycles. The predicted octanol–water partition coefficient (Wildman–Crippen LogP) is 2.75. The minimum atomic E-state index is -4.05. The van der Waals surface area contributed by atoms with Crippen LogP contribution in [0.2, 0.25) is 0 Å². The number of nitrogens with zero attached hydrogens (tertiary/aromatic N) is 3. The Morgan fingerprint density at radius 2 is 2.00 bits per heavy atom. The number of nitrogens with one attached hydrogen (secondary N) is 1. The van der Waals surface area contributed by atoms with Crippen LogP contribution < -0.4 is 10.5 Å². The third-order valence-corrected chi connectivity index (χ3v) is 5.33. The van der Waals surface area contributed by atoms with Gasteiger partial charge in [-0.05, 0) is 18.2 Å². The molecule has 138 valence electrons. The standard InChI is InChI=1S/C17H14FN5O3S/c1-23-8-11(14-16(19)20-9-21-17(14)23)10-4-2-5-12(15(10)18)22-27(24,25)13-6-3-7-26-13/h2-9,22H,1H3,(H2,19,20,21). The van der Waals surface area contributed by atoms with E-state index in [1.807, 2.05) is 0 Å². The van der Waals surface area contributed by atoms with Gasteiger partial charge in [-0.1, -0.05) is 12.1 Å². The molecule has 0 amide bonds. The fourth-order valence-corrected chi connectivity index (χ4v) is 3.86. The molecule has 0 radical (unpaired) electrons. The maximum absolute atomic E-state index is 15.2. The average molecular weight is 387 g/mol. The van der Waals surface area contributed by atoms with E-state index in [4.69, 9.17) is 10.2 Å². The topological polar surface area (TPSA) is 116 Å². The van der Waals surface area contributed by atoms with Crippen LogP contribution in [0.5, 0.6) is 0 Å². The van der Waals surface area contributed by atoms with Crippen molar-refractivity contribution in [2.24, 2.45) is 7.05 Å². The molecule has 0 atom stereocenters. The smallest absolute Gasteiger partial charge is 0.295 e. The minimum absolute atomic E-state index is 0.168. The molecule has 0 aliphatic carbocycles. The zero-order valence-electron chi connectivity index (χ0n) is 14.0. The molecule has 0 bridgehead atoms. The first-order valence-corrected chi connectivity index (χ1v) is 9.27. The zero-order valence-corrected chi connectivity index (χ0v) is 14.9. The van der Waals surface area contributed by atoms with Crippen molar-refractivity contribution in [1.82, 2.24) is 14.5 Å². The van der Waals surface area contributed by atoms with E-state index >= 15 is 4.39 Å². The Morgan fingerprint density at radius 1 is 1.19 bits per heavy atom. The van der Waals surface area contributed by atoms with Crippen molar-refractivity contribution < 1.29 is 17.2 Å². The first kappa shape index (κ1) is 17.0. The van der Waals surface area contributed by atoms with Gasteiger partial charge < -0.3 is 14.7 Å². The van der Waals surface area contributed by atoms with E-state index in [9.17, 15) is 8.42 Å². The number of sulfonamides is 1. The lowest BCUT2D eigenvalue weighted by atomic mass is 10.0. The molecular weight excluding hydrogens is 373 g/mol. The quantitative estimate of drug-likeness (QED) is 0.556. The highest BCUT2D eigenvalue weighted by Gasteiger charge is 2.22. The molecule has 4 rings (SSSR count). The highest BCUT2D eigenvalue weighted by molar-refractivity contribution is 7.92. The summed E-state index contributed by atoms with van der Waals surface area (Å²) in [6, 6.07) is 7.09. The van der Waals surface area contributed by atoms with Gasteiger partial charge in [0, 0.05) is 24.4 Å². The molecule has 0 saturated carbocycles. The predicted molar refractivity (Wildman–Crippen MR) is 97.8 cm³/mol. The number of halogens is 1. The molecule has 0 fully saturated rings. The van der Waals surface area contributed by atoms with Gasteiger partial charge in [-0.3, -0.25) is 4.72 Å². The summed E-state index contributed by atoms with van der Waals surface area (Å²) in [6.07, 6.45) is 4.21. The Balaban J connectivity index is 1.85. The number of furan rings is 1. The molecule has 0 unspecified atom stereocenters. The molecule has 10 heteroatoms. The van der Waals surface area contributed by atoms with Gasteiger partial charge >= 0.3 is 0 Å². The van der Waals surface area contributed by atoms with Gasteiger partial charge in [-0.2, -0.15) is 8.42 Å². The molecule has 0 aliphatic rings. The van der Waals surface area contributed by atoms with E-state index in [0.29, 0.717) is 16.6 Å². The second-order valence-corrected chi connectivity index (χ2v) is 7.43. The Bertz CT molecular complexity index is 1250. The van der Waals surface area contributed by atoms with Crippen molar-refractivity contribution in [3.05, 3.63) is 54.9 Å². The highest BCUT2D eigenvalue weighted by Crippen LogP contribution is 2.36. The molecule has 3 N–H and O–H groups in total. The first-order valence-electron chi connectivity index (χ1n) is 7.79. The molecule has 3 heterocycles. The number of aromatic nitrogens is 3. The Labute approximate surface area is 153 Å². The highest BCUT2D eigenvalue weighted by atomic mass is 32.2. The third-order valence-electron chi connectivity index (χ3n) is 4.08. The second kappa shape index (κ2) is 6.09. The fourth-order valence-electron chi connectivity index (χ4n) is 2.87. The summed E-state index contributed by atoms with van der Waals surface area (Å²) in [4.78, 5) is 8.12. The van der Waals surface area contributed by atoms with Gasteiger partial charge in [-0.15, -0.1) is 0 Å². The van der Waals surface area contributed by atoms with Crippen molar-refractivity contribution in [2.75, 3.05) is 10.5 Å². The second-order valence-electron chi connectivity index (χ2n) is 5.82. The summed E-state index contributed by atoms with van der Waals surface area (Å²) < 4.78 is 48.6. The number of nitrogens with two attached hydrogens (primary N) is 1. The SMILES string of the molecule is Cn1cc(-c2cccc(NS(=O)(=O)c3ccco3)c2F)c2c(N)ncnc21. The fraction of sp³-hybridized carbons (Fsp3) is 0.0588. The Hall–Kier alpha value is -3.40. The van der Waals surface area contributed by atoms with Crippen LogP contribution in [0.1, 0.15) is 0 Å². The Morgan fingerprint density at radius 3 is 2.74 bits per heavy atom. The molecule has 8 nitrogen and oxygen atoms in total. The maximum atomic E-state index is 15.2. The number of aryl methyl sites for hydroxylation is 1. The van der Waals surface area contributed by atoms with Gasteiger partial charge in [0.05, 0.1) is 17.3 Å². The zero-order chi connectivity index (χ0) is 19.2. The number of nitrogen functional groups attached to an aromatic ring is 1. The van der Waals surface area contributed by atoms with Gasteiger partial charge in [-0.25, -0.2) is 14.4 Å². The molecule has 0 spiro atoms. The lowest BCUT2D eigenvalue weighted by molar-refractivity contribution is 0.452. The number of rotatable bonds is 4. The average Bonchev–Trinajstić information content (AvgIpc) is 3.27. The summed E-state index contributed by atoms with van der Waals surface area (Å²) in [6.45, 7) is 0. The van der Waals surface area contributed by atoms with Crippen LogP contribution in [0.4, 0.5) is 15.9 Å². The lowest BCUT2D eigenvalue weighted by Crippen LogP contribution is -2.13. The summed E-state index contributed by atoms with van der Waals surface area (Å²) in [5.41, 5.74) is 6.91. The van der Waals surface area contributed by atoms with E-state index in [-0.39, 0.29) is 22.2 Å². The molecule has 0 aliphatic heterocycles.